The number of carbonyl (C=O) groups excluding carboxylic acids is 1. The van der Waals surface area contributed by atoms with Crippen molar-refractivity contribution in [1.82, 2.24) is 4.90 Å². The SMILES string of the molecule is COc1ccccc1N1CCN(C(=O)c2ccc(NS(=O)(=O)c3ccccc3C)cc2)CC1. The summed E-state index contributed by atoms with van der Waals surface area (Å²) in [5.74, 6) is 0.754. The number of amides is 1. The molecule has 3 aromatic carbocycles. The molecule has 0 aromatic heterocycles. The van der Waals surface area contributed by atoms with Crippen LogP contribution in [0.3, 0.4) is 0 Å². The molecule has 1 amide bonds. The van der Waals surface area contributed by atoms with Gasteiger partial charge in [0.25, 0.3) is 15.9 Å². The number of ether oxygens (including phenoxy) is 1. The molecule has 1 saturated heterocycles. The Balaban J connectivity index is 1.39. The summed E-state index contributed by atoms with van der Waals surface area (Å²) in [5, 5.41) is 0. The van der Waals surface area contributed by atoms with Crippen molar-refractivity contribution in [2.45, 2.75) is 11.8 Å². The van der Waals surface area contributed by atoms with E-state index in [0.29, 0.717) is 43.0 Å². The van der Waals surface area contributed by atoms with E-state index in [0.717, 1.165) is 11.4 Å². The first-order chi connectivity index (χ1) is 15.9. The third kappa shape index (κ3) is 4.96. The maximum Gasteiger partial charge on any atom is 0.262 e. The van der Waals surface area contributed by atoms with Crippen LogP contribution >= 0.6 is 0 Å². The van der Waals surface area contributed by atoms with E-state index in [1.54, 1.807) is 62.6 Å². The molecule has 33 heavy (non-hydrogen) atoms. The summed E-state index contributed by atoms with van der Waals surface area (Å²) in [7, 11) is -2.04. The Morgan fingerprint density at radius 3 is 2.18 bits per heavy atom. The second-order valence-electron chi connectivity index (χ2n) is 7.90. The molecule has 1 N–H and O–H groups in total. The predicted molar refractivity (Wildman–Crippen MR) is 130 cm³/mol. The van der Waals surface area contributed by atoms with E-state index in [2.05, 4.69) is 9.62 Å². The zero-order valence-electron chi connectivity index (χ0n) is 18.7. The smallest absolute Gasteiger partial charge is 0.262 e. The minimum Gasteiger partial charge on any atom is -0.495 e. The highest BCUT2D eigenvalue weighted by molar-refractivity contribution is 7.92. The normalized spacial score (nSPS) is 14.1. The van der Waals surface area contributed by atoms with Crippen LogP contribution in [0, 0.1) is 6.92 Å². The van der Waals surface area contributed by atoms with Crippen molar-refractivity contribution in [3.05, 3.63) is 83.9 Å². The van der Waals surface area contributed by atoms with Gasteiger partial charge in [-0.25, -0.2) is 8.42 Å². The van der Waals surface area contributed by atoms with Crippen LogP contribution in [0.25, 0.3) is 0 Å². The molecule has 0 atom stereocenters. The highest BCUT2D eigenvalue weighted by atomic mass is 32.2. The number of para-hydroxylation sites is 2. The number of aryl methyl sites for hydroxylation is 1. The minimum absolute atomic E-state index is 0.0667. The van der Waals surface area contributed by atoms with Crippen molar-refractivity contribution in [3.63, 3.8) is 0 Å². The number of sulfonamides is 1. The molecule has 1 aliphatic heterocycles. The van der Waals surface area contributed by atoms with E-state index in [4.69, 9.17) is 4.74 Å². The fourth-order valence-corrected chi connectivity index (χ4v) is 5.28. The number of methoxy groups -OCH3 is 1. The second-order valence-corrected chi connectivity index (χ2v) is 9.55. The third-order valence-corrected chi connectivity index (χ3v) is 7.30. The first kappa shape index (κ1) is 22.7. The molecule has 0 radical (unpaired) electrons. The number of piperazine rings is 1. The zero-order chi connectivity index (χ0) is 23.4. The van der Waals surface area contributed by atoms with Crippen molar-refractivity contribution in [3.8, 4) is 5.75 Å². The van der Waals surface area contributed by atoms with Gasteiger partial charge in [-0.15, -0.1) is 0 Å². The molecule has 0 unspecified atom stereocenters. The van der Waals surface area contributed by atoms with Crippen molar-refractivity contribution >= 4 is 27.3 Å². The van der Waals surface area contributed by atoms with Gasteiger partial charge in [-0.3, -0.25) is 9.52 Å². The summed E-state index contributed by atoms with van der Waals surface area (Å²) >= 11 is 0. The lowest BCUT2D eigenvalue weighted by Gasteiger charge is -2.36. The zero-order valence-corrected chi connectivity index (χ0v) is 19.5. The molecule has 1 fully saturated rings. The average Bonchev–Trinajstić information content (AvgIpc) is 2.84. The van der Waals surface area contributed by atoms with Crippen molar-refractivity contribution in [2.24, 2.45) is 0 Å². The largest absolute Gasteiger partial charge is 0.495 e. The summed E-state index contributed by atoms with van der Waals surface area (Å²) in [4.78, 5) is 17.2. The van der Waals surface area contributed by atoms with Crippen LogP contribution in [0.1, 0.15) is 15.9 Å². The summed E-state index contributed by atoms with van der Waals surface area (Å²) in [6.45, 7) is 4.36. The molecule has 0 aliphatic carbocycles. The monoisotopic (exact) mass is 465 g/mol. The highest BCUT2D eigenvalue weighted by Crippen LogP contribution is 2.28. The first-order valence-corrected chi connectivity index (χ1v) is 12.2. The van der Waals surface area contributed by atoms with Gasteiger partial charge in [0.05, 0.1) is 17.7 Å². The summed E-state index contributed by atoms with van der Waals surface area (Å²) in [6, 6.07) is 21.2. The van der Waals surface area contributed by atoms with E-state index < -0.39 is 10.0 Å². The molecule has 1 aliphatic rings. The average molecular weight is 466 g/mol. The van der Waals surface area contributed by atoms with Gasteiger partial charge < -0.3 is 14.5 Å². The first-order valence-electron chi connectivity index (χ1n) is 10.7. The number of carbonyl (C=O) groups is 1. The lowest BCUT2D eigenvalue weighted by Crippen LogP contribution is -2.48. The molecule has 0 saturated carbocycles. The summed E-state index contributed by atoms with van der Waals surface area (Å²) < 4.78 is 33.4. The third-order valence-electron chi connectivity index (χ3n) is 5.76. The van der Waals surface area contributed by atoms with E-state index in [1.165, 1.54) is 0 Å². The lowest BCUT2D eigenvalue weighted by atomic mass is 10.1. The van der Waals surface area contributed by atoms with Crippen LogP contribution < -0.4 is 14.4 Å². The molecule has 0 bridgehead atoms. The Hall–Kier alpha value is -3.52. The standard InChI is InChI=1S/C25H27N3O4S/c1-19-7-3-6-10-24(19)33(30,31)26-21-13-11-20(12-14-21)25(29)28-17-15-27(16-18-28)22-8-4-5-9-23(22)32-2/h3-14,26H,15-18H2,1-2H3. The van der Waals surface area contributed by atoms with Crippen molar-refractivity contribution < 1.29 is 17.9 Å². The minimum atomic E-state index is -3.70. The predicted octanol–water partition coefficient (Wildman–Crippen LogP) is 3.77. The van der Waals surface area contributed by atoms with Crippen molar-refractivity contribution in [2.75, 3.05) is 42.9 Å². The number of benzene rings is 3. The molecule has 7 nitrogen and oxygen atoms in total. The van der Waals surface area contributed by atoms with Crippen LogP contribution in [0.4, 0.5) is 11.4 Å². The van der Waals surface area contributed by atoms with Crippen LogP contribution in [0.5, 0.6) is 5.75 Å². The molecule has 8 heteroatoms. The molecular weight excluding hydrogens is 438 g/mol. The fourth-order valence-electron chi connectivity index (χ4n) is 3.97. The summed E-state index contributed by atoms with van der Waals surface area (Å²) in [5.41, 5.74) is 2.64. The van der Waals surface area contributed by atoms with Crippen LogP contribution in [-0.4, -0.2) is 52.5 Å². The quantitative estimate of drug-likeness (QED) is 0.600. The van der Waals surface area contributed by atoms with Crippen LogP contribution in [-0.2, 0) is 10.0 Å². The van der Waals surface area contributed by atoms with Gasteiger partial charge in [0.2, 0.25) is 0 Å². The van der Waals surface area contributed by atoms with E-state index in [9.17, 15) is 13.2 Å². The highest BCUT2D eigenvalue weighted by Gasteiger charge is 2.24. The second kappa shape index (κ2) is 9.54. The number of rotatable bonds is 6. The molecule has 3 aromatic rings. The lowest BCUT2D eigenvalue weighted by molar-refractivity contribution is 0.0746. The summed E-state index contributed by atoms with van der Waals surface area (Å²) in [6.07, 6.45) is 0. The molecular formula is C25H27N3O4S. The Kier molecular flexibility index (Phi) is 6.55. The Labute approximate surface area is 194 Å². The molecule has 4 rings (SSSR count). The molecule has 1 heterocycles. The number of hydrogen-bond donors (Lipinski definition) is 1. The fraction of sp³-hybridized carbons (Fsp3) is 0.240. The number of nitrogens with one attached hydrogen (secondary N) is 1. The number of nitrogens with zero attached hydrogens (tertiary/aromatic N) is 2. The van der Waals surface area contributed by atoms with E-state index >= 15 is 0 Å². The van der Waals surface area contributed by atoms with Gasteiger partial charge in [-0.1, -0.05) is 30.3 Å². The van der Waals surface area contributed by atoms with E-state index in [-0.39, 0.29) is 10.8 Å². The Morgan fingerprint density at radius 2 is 1.52 bits per heavy atom. The van der Waals surface area contributed by atoms with Gasteiger partial charge in [-0.05, 0) is 55.0 Å². The van der Waals surface area contributed by atoms with Gasteiger partial charge in [0.15, 0.2) is 0 Å². The number of hydrogen-bond acceptors (Lipinski definition) is 5. The van der Waals surface area contributed by atoms with Gasteiger partial charge >= 0.3 is 0 Å². The molecule has 172 valence electrons. The van der Waals surface area contributed by atoms with Gasteiger partial charge in [0.1, 0.15) is 5.75 Å². The molecule has 0 spiro atoms. The van der Waals surface area contributed by atoms with Crippen molar-refractivity contribution in [1.29, 1.82) is 0 Å². The topological polar surface area (TPSA) is 79.0 Å². The maximum absolute atomic E-state index is 13.0. The maximum atomic E-state index is 13.0. The van der Waals surface area contributed by atoms with E-state index in [1.807, 2.05) is 29.2 Å². The van der Waals surface area contributed by atoms with Gasteiger partial charge in [-0.2, -0.15) is 0 Å². The number of anilines is 2. The van der Waals surface area contributed by atoms with Crippen LogP contribution in [0.15, 0.2) is 77.7 Å². The Bertz CT molecular complexity index is 1230. The van der Waals surface area contributed by atoms with Crippen LogP contribution in [0.2, 0.25) is 0 Å². The Morgan fingerprint density at radius 1 is 0.879 bits per heavy atom. The van der Waals surface area contributed by atoms with Gasteiger partial charge in [0, 0.05) is 37.4 Å².